The number of anilines is 1. The van der Waals surface area contributed by atoms with E-state index in [1.54, 1.807) is 23.1 Å². The van der Waals surface area contributed by atoms with Crippen LogP contribution in [0.4, 0.5) is 10.5 Å². The highest BCUT2D eigenvalue weighted by Gasteiger charge is 2.18. The number of rotatable bonds is 2. The number of benzene rings is 1. The molecule has 0 aromatic heterocycles. The molecule has 0 aliphatic carbocycles. The molecule has 0 radical (unpaired) electrons. The van der Waals surface area contributed by atoms with E-state index in [2.05, 4.69) is 10.3 Å². The largest absolute Gasteiger partial charge is 0.369 e. The van der Waals surface area contributed by atoms with Crippen LogP contribution in [0.1, 0.15) is 25.3 Å². The Morgan fingerprint density at radius 1 is 1.46 bits per heavy atom. The van der Waals surface area contributed by atoms with Crippen molar-refractivity contribution in [2.45, 2.75) is 26.7 Å². The van der Waals surface area contributed by atoms with Gasteiger partial charge in [-0.2, -0.15) is 4.99 Å². The van der Waals surface area contributed by atoms with Crippen molar-refractivity contribution < 1.29 is 4.79 Å². The lowest BCUT2D eigenvalue weighted by molar-refractivity contribution is 0.250. The molecule has 2 amide bonds. The van der Waals surface area contributed by atoms with E-state index in [4.69, 9.17) is 22.7 Å². The number of urea groups is 1. The summed E-state index contributed by atoms with van der Waals surface area (Å²) in [5.41, 5.74) is 7.42. The van der Waals surface area contributed by atoms with E-state index in [-0.39, 0.29) is 11.9 Å². The van der Waals surface area contributed by atoms with Gasteiger partial charge in [0.25, 0.3) is 0 Å². The van der Waals surface area contributed by atoms with Crippen LogP contribution in [0.3, 0.4) is 0 Å². The molecule has 0 atom stereocenters. The molecule has 1 aromatic rings. The van der Waals surface area contributed by atoms with Gasteiger partial charge < -0.3 is 10.6 Å². The Morgan fingerprint density at radius 2 is 2.12 bits per heavy atom. The summed E-state index contributed by atoms with van der Waals surface area (Å²) in [7, 11) is 0. The Kier molecular flexibility index (Phi) is 6.03. The Bertz CT molecular complexity index is 654. The maximum Gasteiger partial charge on any atom is 0.328 e. The molecule has 24 heavy (non-hydrogen) atoms. The number of nitrogens with one attached hydrogen (secondary N) is 2. The molecule has 1 aliphatic rings. The van der Waals surface area contributed by atoms with Crippen molar-refractivity contribution in [3.05, 3.63) is 28.8 Å². The van der Waals surface area contributed by atoms with Crippen LogP contribution in [0.5, 0.6) is 0 Å². The third-order valence-electron chi connectivity index (χ3n) is 3.88. The molecule has 4 N–H and O–H groups in total. The zero-order valence-electron chi connectivity index (χ0n) is 14.0. The van der Waals surface area contributed by atoms with E-state index >= 15 is 0 Å². The van der Waals surface area contributed by atoms with E-state index in [1.807, 2.05) is 18.7 Å². The minimum Gasteiger partial charge on any atom is -0.369 e. The van der Waals surface area contributed by atoms with Gasteiger partial charge in [0.05, 0.1) is 0 Å². The molecule has 2 rings (SSSR count). The highest BCUT2D eigenvalue weighted by atomic mass is 35.5. The summed E-state index contributed by atoms with van der Waals surface area (Å²) >= 11 is 5.96. The van der Waals surface area contributed by atoms with Crippen molar-refractivity contribution in [3.63, 3.8) is 0 Å². The number of nitrogens with zero attached hydrogens (tertiary/aromatic N) is 3. The van der Waals surface area contributed by atoms with E-state index < -0.39 is 6.03 Å². The summed E-state index contributed by atoms with van der Waals surface area (Å²) in [6.07, 6.45) is 2.09. The zero-order chi connectivity index (χ0) is 17.7. The Balaban J connectivity index is 2.06. The second-order valence-corrected chi connectivity index (χ2v) is 6.06. The number of hydrogen-bond donors (Lipinski definition) is 3. The van der Waals surface area contributed by atoms with Crippen molar-refractivity contribution in [1.82, 2.24) is 10.2 Å². The van der Waals surface area contributed by atoms with E-state index in [9.17, 15) is 4.79 Å². The highest BCUT2D eigenvalue weighted by molar-refractivity contribution is 6.30. The lowest BCUT2D eigenvalue weighted by atomic mass is 10.2. The summed E-state index contributed by atoms with van der Waals surface area (Å²) in [4.78, 5) is 19.8. The molecule has 0 unspecified atom stereocenters. The van der Waals surface area contributed by atoms with Crippen LogP contribution < -0.4 is 16.0 Å². The van der Waals surface area contributed by atoms with E-state index in [0.29, 0.717) is 11.6 Å². The third-order valence-corrected chi connectivity index (χ3v) is 4.11. The van der Waals surface area contributed by atoms with Crippen LogP contribution in [-0.2, 0) is 0 Å². The molecule has 1 fully saturated rings. The molecular weight excluding hydrogens is 328 g/mol. The van der Waals surface area contributed by atoms with Gasteiger partial charge in [0, 0.05) is 30.3 Å². The summed E-state index contributed by atoms with van der Waals surface area (Å²) in [5, 5.41) is 11.1. The Hall–Kier alpha value is -2.28. The minimum absolute atomic E-state index is 0.0796. The molecular formula is C16H23ClN6O. The third kappa shape index (κ3) is 4.38. The number of guanidine groups is 2. The fourth-order valence-corrected chi connectivity index (χ4v) is 2.89. The number of amides is 2. The van der Waals surface area contributed by atoms with Gasteiger partial charge in [0.15, 0.2) is 0 Å². The first-order valence-corrected chi connectivity index (χ1v) is 8.32. The highest BCUT2D eigenvalue weighted by Crippen LogP contribution is 2.23. The molecule has 130 valence electrons. The fourth-order valence-electron chi connectivity index (χ4n) is 2.66. The molecule has 0 saturated carbocycles. The van der Waals surface area contributed by atoms with Crippen LogP contribution in [0, 0.1) is 12.3 Å². The number of carbonyl (C=O) groups is 1. The minimum atomic E-state index is -0.390. The number of aryl methyl sites for hydroxylation is 1. The van der Waals surface area contributed by atoms with Crippen molar-refractivity contribution in [3.8, 4) is 0 Å². The smallest absolute Gasteiger partial charge is 0.328 e. The van der Waals surface area contributed by atoms with E-state index in [1.165, 1.54) is 0 Å². The second-order valence-electron chi connectivity index (χ2n) is 5.62. The number of halogens is 1. The van der Waals surface area contributed by atoms with Crippen molar-refractivity contribution >= 4 is 35.2 Å². The normalized spacial score (nSPS) is 14.6. The molecule has 1 heterocycles. The van der Waals surface area contributed by atoms with Gasteiger partial charge in [-0.05, 0) is 50.5 Å². The maximum atomic E-state index is 12.5. The number of hydrogen-bond acceptors (Lipinski definition) is 2. The van der Waals surface area contributed by atoms with Gasteiger partial charge in [-0.15, -0.1) is 0 Å². The monoisotopic (exact) mass is 350 g/mol. The van der Waals surface area contributed by atoms with Gasteiger partial charge in [-0.1, -0.05) is 11.6 Å². The van der Waals surface area contributed by atoms with Crippen molar-refractivity contribution in [2.75, 3.05) is 24.5 Å². The standard InChI is InChI=1S/C16H23ClN6O/c1-3-23(13-7-6-12(17)10-11(13)2)16(24)21-14(18)20-15(19)22-8-4-5-9-22/h6-7,10H,3-5,8-9H2,1-2H3,(H4,18,19,20,21,24). The lowest BCUT2D eigenvalue weighted by Gasteiger charge is -2.23. The quantitative estimate of drug-likeness (QED) is 0.564. The summed E-state index contributed by atoms with van der Waals surface area (Å²) in [6, 6.07) is 4.94. The number of carbonyl (C=O) groups excluding carboxylic acids is 1. The molecule has 0 bridgehead atoms. The predicted molar refractivity (Wildman–Crippen MR) is 97.9 cm³/mol. The maximum absolute atomic E-state index is 12.5. The second kappa shape index (κ2) is 8.01. The molecule has 1 aromatic carbocycles. The molecule has 7 nitrogen and oxygen atoms in total. The van der Waals surface area contributed by atoms with E-state index in [0.717, 1.165) is 37.2 Å². The van der Waals surface area contributed by atoms with Crippen LogP contribution in [-0.4, -0.2) is 42.5 Å². The van der Waals surface area contributed by atoms with Crippen LogP contribution in [0.2, 0.25) is 5.02 Å². The molecule has 8 heteroatoms. The van der Waals surface area contributed by atoms with Gasteiger partial charge in [-0.25, -0.2) is 4.79 Å². The Morgan fingerprint density at radius 3 is 2.71 bits per heavy atom. The first kappa shape index (κ1) is 18.1. The number of likely N-dealkylation sites (tertiary alicyclic amines) is 1. The van der Waals surface area contributed by atoms with Crippen LogP contribution >= 0.6 is 11.6 Å². The topological polar surface area (TPSA) is 97.8 Å². The first-order valence-electron chi connectivity index (χ1n) is 7.94. The molecule has 0 spiro atoms. The number of nitrogens with two attached hydrogens (primary N) is 1. The van der Waals surface area contributed by atoms with Crippen LogP contribution in [0.25, 0.3) is 0 Å². The van der Waals surface area contributed by atoms with Crippen molar-refractivity contribution in [2.24, 2.45) is 10.7 Å². The Labute approximate surface area is 147 Å². The van der Waals surface area contributed by atoms with Crippen molar-refractivity contribution in [1.29, 1.82) is 5.41 Å². The van der Waals surface area contributed by atoms with Gasteiger partial charge in [-0.3, -0.25) is 15.6 Å². The molecule has 1 aliphatic heterocycles. The molecule has 1 saturated heterocycles. The summed E-state index contributed by atoms with van der Waals surface area (Å²) in [5.74, 6) is -0.00186. The average Bonchev–Trinajstić information content (AvgIpc) is 3.04. The first-order chi connectivity index (χ1) is 11.4. The zero-order valence-corrected chi connectivity index (χ0v) is 14.7. The summed E-state index contributed by atoms with van der Waals surface area (Å²) < 4.78 is 0. The SMILES string of the molecule is CCN(C(=O)N/C(N)=N/C(=N)N1CCCC1)c1ccc(Cl)cc1C. The predicted octanol–water partition coefficient (Wildman–Crippen LogP) is 2.53. The van der Waals surface area contributed by atoms with Gasteiger partial charge in [0.2, 0.25) is 11.9 Å². The number of aliphatic imine (C=N–C) groups is 1. The van der Waals surface area contributed by atoms with Gasteiger partial charge in [0.1, 0.15) is 0 Å². The summed E-state index contributed by atoms with van der Waals surface area (Å²) in [6.45, 7) is 5.82. The average molecular weight is 351 g/mol. The van der Waals surface area contributed by atoms with Gasteiger partial charge >= 0.3 is 6.03 Å². The fraction of sp³-hybridized carbons (Fsp3) is 0.438. The van der Waals surface area contributed by atoms with Crippen LogP contribution in [0.15, 0.2) is 23.2 Å². The lowest BCUT2D eigenvalue weighted by Crippen LogP contribution is -2.47.